The molecule has 1 N–H and O–H groups in total. The zero-order valence-corrected chi connectivity index (χ0v) is 12.5. The third kappa shape index (κ3) is 5.98. The number of rotatable bonds is 9. The first-order valence-electron chi connectivity index (χ1n) is 7.34. The molecule has 0 aliphatic rings. The first kappa shape index (κ1) is 15.5. The molecule has 2 rings (SSSR count). The molecule has 3 nitrogen and oxygen atoms in total. The molecule has 0 saturated heterocycles. The first-order valence-corrected chi connectivity index (χ1v) is 7.34. The van der Waals surface area contributed by atoms with Crippen LogP contribution in [0.1, 0.15) is 11.1 Å². The summed E-state index contributed by atoms with van der Waals surface area (Å²) in [6.07, 6.45) is 1.05. The van der Waals surface area contributed by atoms with Crippen molar-refractivity contribution in [3.63, 3.8) is 0 Å². The number of hydrogen-bond acceptors (Lipinski definition) is 3. The summed E-state index contributed by atoms with van der Waals surface area (Å²) in [5, 5.41) is 3.46. The van der Waals surface area contributed by atoms with E-state index in [1.165, 1.54) is 11.1 Å². The lowest BCUT2D eigenvalue weighted by Crippen LogP contribution is -2.16. The predicted octanol–water partition coefficient (Wildman–Crippen LogP) is 3.04. The lowest BCUT2D eigenvalue weighted by atomic mass is 10.1. The van der Waals surface area contributed by atoms with Gasteiger partial charge in [0.2, 0.25) is 0 Å². The monoisotopic (exact) mass is 285 g/mol. The van der Waals surface area contributed by atoms with Crippen molar-refractivity contribution in [3.05, 3.63) is 65.7 Å². The molecule has 0 amide bonds. The maximum Gasteiger partial charge on any atom is 0.119 e. The lowest BCUT2D eigenvalue weighted by Gasteiger charge is -2.09. The fourth-order valence-electron chi connectivity index (χ4n) is 2.10. The average Bonchev–Trinajstić information content (AvgIpc) is 2.53. The molecule has 0 radical (unpaired) electrons. The molecule has 0 aliphatic heterocycles. The van der Waals surface area contributed by atoms with Crippen molar-refractivity contribution in [2.45, 2.75) is 13.0 Å². The summed E-state index contributed by atoms with van der Waals surface area (Å²) < 4.78 is 10.6. The molecule has 2 aromatic rings. The van der Waals surface area contributed by atoms with Crippen LogP contribution in [0.2, 0.25) is 0 Å². The molecule has 0 heterocycles. The zero-order valence-electron chi connectivity index (χ0n) is 12.5. The third-order valence-corrected chi connectivity index (χ3v) is 3.22. The fraction of sp³-hybridized carbons (Fsp3) is 0.333. The second kappa shape index (κ2) is 9.16. The highest BCUT2D eigenvalue weighted by molar-refractivity contribution is 5.28. The molecule has 0 fully saturated rings. The van der Waals surface area contributed by atoms with Gasteiger partial charge in [-0.1, -0.05) is 42.5 Å². The second-order valence-corrected chi connectivity index (χ2v) is 4.90. The van der Waals surface area contributed by atoms with Crippen molar-refractivity contribution in [1.29, 1.82) is 0 Å². The average molecular weight is 285 g/mol. The van der Waals surface area contributed by atoms with Gasteiger partial charge in [-0.05, 0) is 36.2 Å². The van der Waals surface area contributed by atoms with Crippen LogP contribution in [0, 0.1) is 0 Å². The van der Waals surface area contributed by atoms with Gasteiger partial charge in [0.15, 0.2) is 0 Å². The molecule has 0 unspecified atom stereocenters. The van der Waals surface area contributed by atoms with Crippen LogP contribution >= 0.6 is 0 Å². The summed E-state index contributed by atoms with van der Waals surface area (Å²) >= 11 is 0. The summed E-state index contributed by atoms with van der Waals surface area (Å²) in [6, 6.07) is 18.7. The van der Waals surface area contributed by atoms with Gasteiger partial charge in [-0.3, -0.25) is 0 Å². The summed E-state index contributed by atoms with van der Waals surface area (Å²) in [5.41, 5.74) is 2.60. The molecular formula is C18H23NO2. The van der Waals surface area contributed by atoms with Gasteiger partial charge in [-0.15, -0.1) is 0 Å². The Morgan fingerprint density at radius 1 is 0.905 bits per heavy atom. The van der Waals surface area contributed by atoms with E-state index in [0.717, 1.165) is 25.3 Å². The number of hydrogen-bond donors (Lipinski definition) is 1. The van der Waals surface area contributed by atoms with Crippen LogP contribution in [-0.4, -0.2) is 26.9 Å². The largest absolute Gasteiger partial charge is 0.491 e. The standard InChI is InChI=1S/C18H23NO2/c1-20-12-13-21-18-9-5-8-17(14-18)15-19-11-10-16-6-3-2-4-7-16/h2-9,14,19H,10-13,15H2,1H3. The van der Waals surface area contributed by atoms with Gasteiger partial charge >= 0.3 is 0 Å². The molecule has 0 aromatic heterocycles. The van der Waals surface area contributed by atoms with Crippen molar-refractivity contribution in [3.8, 4) is 5.75 Å². The van der Waals surface area contributed by atoms with Crippen LogP contribution in [0.15, 0.2) is 54.6 Å². The van der Waals surface area contributed by atoms with Crippen LogP contribution < -0.4 is 10.1 Å². The molecule has 0 spiro atoms. The number of ether oxygens (including phenoxy) is 2. The molecule has 0 bridgehead atoms. The fourth-order valence-corrected chi connectivity index (χ4v) is 2.10. The van der Waals surface area contributed by atoms with Crippen LogP contribution in [-0.2, 0) is 17.7 Å². The van der Waals surface area contributed by atoms with E-state index < -0.39 is 0 Å². The van der Waals surface area contributed by atoms with Gasteiger partial charge in [0.25, 0.3) is 0 Å². The van der Waals surface area contributed by atoms with Gasteiger partial charge in [0.1, 0.15) is 12.4 Å². The minimum absolute atomic E-state index is 0.585. The Hall–Kier alpha value is -1.84. The maximum atomic E-state index is 5.61. The normalized spacial score (nSPS) is 10.5. The minimum Gasteiger partial charge on any atom is -0.491 e. The summed E-state index contributed by atoms with van der Waals surface area (Å²) in [5.74, 6) is 0.898. The third-order valence-electron chi connectivity index (χ3n) is 3.22. The van der Waals surface area contributed by atoms with E-state index in [2.05, 4.69) is 41.7 Å². The van der Waals surface area contributed by atoms with Crippen LogP contribution in [0.5, 0.6) is 5.75 Å². The Kier molecular flexibility index (Phi) is 6.78. The van der Waals surface area contributed by atoms with Crippen molar-refractivity contribution in [2.75, 3.05) is 26.9 Å². The summed E-state index contributed by atoms with van der Waals surface area (Å²) in [4.78, 5) is 0. The summed E-state index contributed by atoms with van der Waals surface area (Å²) in [7, 11) is 1.68. The van der Waals surface area contributed by atoms with Gasteiger partial charge in [-0.2, -0.15) is 0 Å². The Balaban J connectivity index is 1.71. The van der Waals surface area contributed by atoms with Crippen LogP contribution in [0.25, 0.3) is 0 Å². The molecule has 0 atom stereocenters. The van der Waals surface area contributed by atoms with E-state index >= 15 is 0 Å². The first-order chi connectivity index (χ1) is 10.4. The van der Waals surface area contributed by atoms with E-state index in [0.29, 0.717) is 13.2 Å². The van der Waals surface area contributed by atoms with Crippen LogP contribution in [0.4, 0.5) is 0 Å². The topological polar surface area (TPSA) is 30.5 Å². The SMILES string of the molecule is COCCOc1cccc(CNCCc2ccccc2)c1. The maximum absolute atomic E-state index is 5.61. The van der Waals surface area contributed by atoms with Gasteiger partial charge < -0.3 is 14.8 Å². The highest BCUT2D eigenvalue weighted by Crippen LogP contribution is 2.13. The molecule has 3 heteroatoms. The Bertz CT molecular complexity index is 514. The highest BCUT2D eigenvalue weighted by Gasteiger charge is 1.98. The van der Waals surface area contributed by atoms with Crippen LogP contribution in [0.3, 0.4) is 0 Å². The van der Waals surface area contributed by atoms with Crippen molar-refractivity contribution < 1.29 is 9.47 Å². The Labute approximate surface area is 126 Å². The second-order valence-electron chi connectivity index (χ2n) is 4.90. The van der Waals surface area contributed by atoms with Crippen molar-refractivity contribution in [2.24, 2.45) is 0 Å². The lowest BCUT2D eigenvalue weighted by molar-refractivity contribution is 0.146. The molecule has 21 heavy (non-hydrogen) atoms. The quantitative estimate of drug-likeness (QED) is 0.718. The zero-order chi connectivity index (χ0) is 14.8. The Morgan fingerprint density at radius 2 is 1.71 bits per heavy atom. The summed E-state index contributed by atoms with van der Waals surface area (Å²) in [6.45, 7) is 3.02. The van der Waals surface area contributed by atoms with E-state index in [9.17, 15) is 0 Å². The van der Waals surface area contributed by atoms with Crippen molar-refractivity contribution >= 4 is 0 Å². The van der Waals surface area contributed by atoms with E-state index in [4.69, 9.17) is 9.47 Å². The molecule has 0 aliphatic carbocycles. The molecular weight excluding hydrogens is 262 g/mol. The van der Waals surface area contributed by atoms with Crippen molar-refractivity contribution in [1.82, 2.24) is 5.32 Å². The van der Waals surface area contributed by atoms with E-state index in [1.807, 2.05) is 18.2 Å². The van der Waals surface area contributed by atoms with Gasteiger partial charge in [0.05, 0.1) is 6.61 Å². The number of benzene rings is 2. The minimum atomic E-state index is 0.585. The molecule has 112 valence electrons. The predicted molar refractivity (Wildman–Crippen MR) is 85.7 cm³/mol. The Morgan fingerprint density at radius 3 is 2.52 bits per heavy atom. The van der Waals surface area contributed by atoms with E-state index in [-0.39, 0.29) is 0 Å². The van der Waals surface area contributed by atoms with E-state index in [1.54, 1.807) is 7.11 Å². The smallest absolute Gasteiger partial charge is 0.119 e. The highest BCUT2D eigenvalue weighted by atomic mass is 16.5. The molecule has 2 aromatic carbocycles. The molecule has 0 saturated carbocycles. The number of nitrogens with one attached hydrogen (secondary N) is 1. The number of methoxy groups -OCH3 is 1. The van der Waals surface area contributed by atoms with Gasteiger partial charge in [0, 0.05) is 13.7 Å². The van der Waals surface area contributed by atoms with Gasteiger partial charge in [-0.25, -0.2) is 0 Å².